The fraction of sp³-hybridized carbons (Fsp3) is 0.333. The van der Waals surface area contributed by atoms with Crippen molar-refractivity contribution < 1.29 is 0 Å². The number of hydrogen-bond acceptors (Lipinski definition) is 6. The van der Waals surface area contributed by atoms with Crippen molar-refractivity contribution in [3.8, 4) is 6.07 Å². The number of anilines is 2. The van der Waals surface area contributed by atoms with Gasteiger partial charge in [0.1, 0.15) is 11.6 Å². The second kappa shape index (κ2) is 4.70. The molecule has 1 N–H and O–H groups in total. The van der Waals surface area contributed by atoms with Gasteiger partial charge in [0.25, 0.3) is 0 Å². The van der Waals surface area contributed by atoms with Gasteiger partial charge in [-0.05, 0) is 33.3 Å². The maximum Gasteiger partial charge on any atom is 0.188 e. The highest BCUT2D eigenvalue weighted by Gasteiger charge is 2.12. The van der Waals surface area contributed by atoms with E-state index in [2.05, 4.69) is 26.6 Å². The topological polar surface area (TPSA) is 74.5 Å². The van der Waals surface area contributed by atoms with Gasteiger partial charge < -0.3 is 5.32 Å². The van der Waals surface area contributed by atoms with Crippen LogP contribution in [0.15, 0.2) is 0 Å². The van der Waals surface area contributed by atoms with Gasteiger partial charge in [-0.25, -0.2) is 4.98 Å². The molecule has 0 aliphatic rings. The lowest BCUT2D eigenvalue weighted by Crippen LogP contribution is -2.03. The van der Waals surface area contributed by atoms with Gasteiger partial charge in [0.15, 0.2) is 10.9 Å². The molecular weight excluding hydrogens is 246 g/mol. The first-order chi connectivity index (χ1) is 8.52. The zero-order valence-electron chi connectivity index (χ0n) is 10.7. The standard InChI is InChI=1S/C12H13N5S/c1-6-7(2)16-17-11(10(6)5-13)15-12-14-8(3)9(4)18-12/h1-4H3,(H,14,15,17). The number of aryl methyl sites for hydroxylation is 3. The van der Waals surface area contributed by atoms with Gasteiger partial charge in [0, 0.05) is 4.88 Å². The van der Waals surface area contributed by atoms with Crippen LogP contribution < -0.4 is 5.32 Å². The summed E-state index contributed by atoms with van der Waals surface area (Å²) < 4.78 is 0. The molecule has 0 amide bonds. The molecule has 92 valence electrons. The second-order valence-electron chi connectivity index (χ2n) is 4.03. The van der Waals surface area contributed by atoms with Gasteiger partial charge in [-0.3, -0.25) is 0 Å². The van der Waals surface area contributed by atoms with Crippen LogP contribution in [0.3, 0.4) is 0 Å². The molecule has 0 unspecified atom stereocenters. The Bertz CT molecular complexity index is 619. The molecule has 0 aliphatic carbocycles. The lowest BCUT2D eigenvalue weighted by Gasteiger charge is -2.06. The first-order valence-electron chi connectivity index (χ1n) is 5.48. The Morgan fingerprint density at radius 2 is 1.83 bits per heavy atom. The van der Waals surface area contributed by atoms with Crippen LogP contribution in [0.4, 0.5) is 10.9 Å². The van der Waals surface area contributed by atoms with Crippen LogP contribution in [-0.4, -0.2) is 15.2 Å². The van der Waals surface area contributed by atoms with E-state index in [9.17, 15) is 5.26 Å². The van der Waals surface area contributed by atoms with E-state index in [1.54, 1.807) is 0 Å². The van der Waals surface area contributed by atoms with Gasteiger partial charge in [-0.2, -0.15) is 10.4 Å². The second-order valence-corrected chi connectivity index (χ2v) is 5.23. The minimum atomic E-state index is 0.467. The maximum absolute atomic E-state index is 9.19. The molecule has 0 fully saturated rings. The molecule has 0 saturated carbocycles. The van der Waals surface area contributed by atoms with Crippen molar-refractivity contribution in [1.29, 1.82) is 5.26 Å². The van der Waals surface area contributed by atoms with Gasteiger partial charge in [0.2, 0.25) is 0 Å². The molecule has 18 heavy (non-hydrogen) atoms. The van der Waals surface area contributed by atoms with E-state index in [0.29, 0.717) is 11.4 Å². The molecule has 0 bridgehead atoms. The van der Waals surface area contributed by atoms with Gasteiger partial charge >= 0.3 is 0 Å². The minimum Gasteiger partial charge on any atom is -0.314 e. The third kappa shape index (κ3) is 2.17. The quantitative estimate of drug-likeness (QED) is 0.897. The Morgan fingerprint density at radius 3 is 2.39 bits per heavy atom. The molecule has 0 saturated heterocycles. The van der Waals surface area contributed by atoms with Crippen molar-refractivity contribution >= 4 is 22.3 Å². The highest BCUT2D eigenvalue weighted by molar-refractivity contribution is 7.15. The summed E-state index contributed by atoms with van der Waals surface area (Å²) in [5.74, 6) is 0.467. The van der Waals surface area contributed by atoms with Crippen LogP contribution in [0.5, 0.6) is 0 Å². The van der Waals surface area contributed by atoms with E-state index >= 15 is 0 Å². The number of rotatable bonds is 2. The van der Waals surface area contributed by atoms with E-state index < -0.39 is 0 Å². The predicted octanol–water partition coefficient (Wildman–Crippen LogP) is 2.78. The zero-order valence-corrected chi connectivity index (χ0v) is 11.5. The van der Waals surface area contributed by atoms with Crippen molar-refractivity contribution in [3.63, 3.8) is 0 Å². The fourth-order valence-electron chi connectivity index (χ4n) is 1.46. The molecule has 2 aromatic heterocycles. The molecule has 2 aromatic rings. The molecule has 0 aliphatic heterocycles. The van der Waals surface area contributed by atoms with E-state index in [0.717, 1.165) is 27.0 Å². The monoisotopic (exact) mass is 259 g/mol. The first-order valence-corrected chi connectivity index (χ1v) is 6.29. The number of nitriles is 1. The SMILES string of the molecule is Cc1nc(Nc2nnc(C)c(C)c2C#N)sc1C. The van der Waals surface area contributed by atoms with Crippen molar-refractivity contribution in [2.75, 3.05) is 5.32 Å². The number of nitrogens with one attached hydrogen (secondary N) is 1. The molecule has 5 nitrogen and oxygen atoms in total. The smallest absolute Gasteiger partial charge is 0.188 e. The summed E-state index contributed by atoms with van der Waals surface area (Å²) in [6, 6.07) is 2.16. The average molecular weight is 259 g/mol. The van der Waals surface area contributed by atoms with Crippen LogP contribution in [0, 0.1) is 39.0 Å². The third-order valence-electron chi connectivity index (χ3n) is 2.82. The summed E-state index contributed by atoms with van der Waals surface area (Å²) in [6.45, 7) is 7.67. The summed E-state index contributed by atoms with van der Waals surface area (Å²) in [6.07, 6.45) is 0. The third-order valence-corrected chi connectivity index (χ3v) is 3.81. The minimum absolute atomic E-state index is 0.467. The Balaban J connectivity index is 2.41. The number of thiazole rings is 1. The molecule has 2 rings (SSSR count). The Hall–Kier alpha value is -2.00. The zero-order chi connectivity index (χ0) is 13.3. The van der Waals surface area contributed by atoms with Crippen molar-refractivity contribution in [2.45, 2.75) is 27.7 Å². The maximum atomic E-state index is 9.19. The van der Waals surface area contributed by atoms with Crippen LogP contribution >= 0.6 is 11.3 Å². The number of aromatic nitrogens is 3. The summed E-state index contributed by atoms with van der Waals surface area (Å²) >= 11 is 1.54. The molecule has 0 spiro atoms. The van der Waals surface area contributed by atoms with Crippen molar-refractivity contribution in [1.82, 2.24) is 15.2 Å². The largest absolute Gasteiger partial charge is 0.314 e. The van der Waals surface area contributed by atoms with E-state index in [1.165, 1.54) is 11.3 Å². The highest BCUT2D eigenvalue weighted by atomic mass is 32.1. The Labute approximate surface area is 110 Å². The molecule has 0 atom stereocenters. The highest BCUT2D eigenvalue weighted by Crippen LogP contribution is 2.26. The lowest BCUT2D eigenvalue weighted by atomic mass is 10.1. The van der Waals surface area contributed by atoms with Crippen molar-refractivity contribution in [3.05, 3.63) is 27.4 Å². The molecular formula is C12H13N5S. The van der Waals surface area contributed by atoms with Gasteiger partial charge in [-0.15, -0.1) is 16.4 Å². The molecule has 6 heteroatoms. The van der Waals surface area contributed by atoms with Crippen LogP contribution in [0.2, 0.25) is 0 Å². The van der Waals surface area contributed by atoms with Crippen LogP contribution in [-0.2, 0) is 0 Å². The van der Waals surface area contributed by atoms with E-state index in [1.807, 2.05) is 27.7 Å². The number of hydrogen-bond donors (Lipinski definition) is 1. The van der Waals surface area contributed by atoms with E-state index in [4.69, 9.17) is 0 Å². The first kappa shape index (κ1) is 12.5. The van der Waals surface area contributed by atoms with Gasteiger partial charge in [0.05, 0.1) is 11.4 Å². The molecule has 0 aromatic carbocycles. The summed E-state index contributed by atoms with van der Waals surface area (Å²) in [5.41, 5.74) is 3.12. The molecule has 2 heterocycles. The van der Waals surface area contributed by atoms with Crippen molar-refractivity contribution in [2.24, 2.45) is 0 Å². The lowest BCUT2D eigenvalue weighted by molar-refractivity contribution is 0.959. The predicted molar refractivity (Wildman–Crippen MR) is 71.1 cm³/mol. The fourth-order valence-corrected chi connectivity index (χ4v) is 2.27. The average Bonchev–Trinajstić information content (AvgIpc) is 2.64. The Morgan fingerprint density at radius 1 is 1.11 bits per heavy atom. The summed E-state index contributed by atoms with van der Waals surface area (Å²) in [4.78, 5) is 5.51. The van der Waals surface area contributed by atoms with E-state index in [-0.39, 0.29) is 0 Å². The Kier molecular flexibility index (Phi) is 3.26. The normalized spacial score (nSPS) is 10.2. The number of nitrogens with zero attached hydrogens (tertiary/aromatic N) is 4. The summed E-state index contributed by atoms with van der Waals surface area (Å²) in [7, 11) is 0. The van der Waals surface area contributed by atoms with Gasteiger partial charge in [-0.1, -0.05) is 0 Å². The summed E-state index contributed by atoms with van der Waals surface area (Å²) in [5, 5.41) is 21.0. The molecule has 0 radical (unpaired) electrons. The van der Waals surface area contributed by atoms with Crippen LogP contribution in [0.25, 0.3) is 0 Å². The van der Waals surface area contributed by atoms with Crippen LogP contribution in [0.1, 0.15) is 27.4 Å².